The Morgan fingerprint density at radius 2 is 1.93 bits per heavy atom. The fourth-order valence-electron chi connectivity index (χ4n) is 3.98. The zero-order valence-electron chi connectivity index (χ0n) is 15.2. The van der Waals surface area contributed by atoms with Crippen molar-refractivity contribution in [2.24, 2.45) is 0 Å². The van der Waals surface area contributed by atoms with Gasteiger partial charge in [-0.15, -0.1) is 0 Å². The van der Waals surface area contributed by atoms with E-state index in [9.17, 15) is 14.7 Å². The molecule has 1 aliphatic heterocycles. The minimum Gasteiger partial charge on any atom is -0.481 e. The van der Waals surface area contributed by atoms with Crippen LogP contribution in [0.3, 0.4) is 0 Å². The summed E-state index contributed by atoms with van der Waals surface area (Å²) in [6, 6.07) is 7.03. The molecule has 4 N–H and O–H groups in total. The Morgan fingerprint density at radius 1 is 1.22 bits per heavy atom. The molecule has 0 fully saturated rings. The van der Waals surface area contributed by atoms with Gasteiger partial charge in [0.1, 0.15) is 0 Å². The standard InChI is InChI=1S/C16H18N2O.C4H6O4/c1-18-8-10(9-19)5-13-12-3-2-4-14-16(12)11(7-17-14)6-15(13)18;5-3(6)1-2-4(7)8/h2-5,7,13,15,17,19H,6,8-9H2,1H3;1-2H2,(H,5,6)(H,7,8). The first-order valence-electron chi connectivity index (χ1n) is 8.93. The minimum atomic E-state index is -1.08. The molecule has 1 aliphatic carbocycles. The summed E-state index contributed by atoms with van der Waals surface area (Å²) >= 11 is 0. The molecule has 2 heterocycles. The van der Waals surface area contributed by atoms with Crippen LogP contribution in [0.2, 0.25) is 0 Å². The number of benzene rings is 1. The van der Waals surface area contributed by atoms with Gasteiger partial charge in [0.25, 0.3) is 0 Å². The average molecular weight is 372 g/mol. The number of nitrogens with one attached hydrogen (secondary N) is 1. The zero-order chi connectivity index (χ0) is 19.6. The third kappa shape index (κ3) is 4.04. The molecule has 2 aromatic rings. The molecule has 7 nitrogen and oxygen atoms in total. The molecule has 0 saturated heterocycles. The summed E-state index contributed by atoms with van der Waals surface area (Å²) in [5, 5.41) is 26.6. The van der Waals surface area contributed by atoms with Crippen molar-refractivity contribution in [3.63, 3.8) is 0 Å². The van der Waals surface area contributed by atoms with Crippen molar-refractivity contribution >= 4 is 22.8 Å². The summed E-state index contributed by atoms with van der Waals surface area (Å²) in [5.41, 5.74) is 5.21. The van der Waals surface area contributed by atoms with Crippen molar-refractivity contribution in [3.05, 3.63) is 47.2 Å². The Hall–Kier alpha value is -2.64. The molecule has 1 aromatic heterocycles. The fraction of sp³-hybridized carbons (Fsp3) is 0.400. The second-order valence-electron chi connectivity index (χ2n) is 7.07. The molecule has 144 valence electrons. The lowest BCUT2D eigenvalue weighted by Gasteiger charge is -2.41. The molecule has 0 saturated carbocycles. The SMILES string of the molecule is CN1CC(CO)=CC2c3cccc4[nH]cc(c34)CC21.O=C(O)CCC(=O)O. The summed E-state index contributed by atoms with van der Waals surface area (Å²) < 4.78 is 0. The number of aliphatic hydroxyl groups excluding tert-OH is 1. The van der Waals surface area contributed by atoms with E-state index in [-0.39, 0.29) is 19.4 Å². The monoisotopic (exact) mass is 372 g/mol. The van der Waals surface area contributed by atoms with Crippen LogP contribution in [-0.4, -0.2) is 63.4 Å². The summed E-state index contributed by atoms with van der Waals surface area (Å²) in [4.78, 5) is 25.0. The van der Waals surface area contributed by atoms with Crippen LogP contribution in [0.15, 0.2) is 36.0 Å². The number of carboxylic acids is 2. The number of carboxylic acid groups (broad SMARTS) is 2. The third-order valence-electron chi connectivity index (χ3n) is 5.21. The molecular weight excluding hydrogens is 348 g/mol. The molecule has 0 spiro atoms. The lowest BCUT2D eigenvalue weighted by atomic mass is 9.77. The fourth-order valence-corrected chi connectivity index (χ4v) is 3.98. The third-order valence-corrected chi connectivity index (χ3v) is 5.21. The van der Waals surface area contributed by atoms with Crippen LogP contribution in [0.5, 0.6) is 0 Å². The second kappa shape index (κ2) is 7.94. The highest BCUT2D eigenvalue weighted by molar-refractivity contribution is 5.88. The lowest BCUT2D eigenvalue weighted by molar-refractivity contribution is -0.143. The van der Waals surface area contributed by atoms with Crippen LogP contribution in [0.4, 0.5) is 0 Å². The maximum absolute atomic E-state index is 9.64. The number of fused-ring (bicyclic) bond motifs is 2. The molecule has 2 unspecified atom stereocenters. The van der Waals surface area contributed by atoms with Crippen LogP contribution in [0.25, 0.3) is 10.9 Å². The Balaban J connectivity index is 0.000000226. The maximum Gasteiger partial charge on any atom is 0.303 e. The van der Waals surface area contributed by atoms with Crippen molar-refractivity contribution in [2.45, 2.75) is 31.2 Å². The Bertz CT molecular complexity index is 872. The summed E-state index contributed by atoms with van der Waals surface area (Å²) in [5.74, 6) is -1.74. The molecule has 0 bridgehead atoms. The number of aromatic nitrogens is 1. The van der Waals surface area contributed by atoms with E-state index in [0.29, 0.717) is 12.0 Å². The number of carbonyl (C=O) groups is 2. The number of hydrogen-bond donors (Lipinski definition) is 4. The number of rotatable bonds is 4. The number of aromatic amines is 1. The topological polar surface area (TPSA) is 114 Å². The van der Waals surface area contributed by atoms with E-state index in [4.69, 9.17) is 10.2 Å². The Labute approximate surface area is 156 Å². The minimum absolute atomic E-state index is 0.170. The van der Waals surface area contributed by atoms with Crippen molar-refractivity contribution in [1.29, 1.82) is 0 Å². The largest absolute Gasteiger partial charge is 0.481 e. The highest BCUT2D eigenvalue weighted by Crippen LogP contribution is 2.41. The van der Waals surface area contributed by atoms with Crippen molar-refractivity contribution in [1.82, 2.24) is 9.88 Å². The maximum atomic E-state index is 9.64. The van der Waals surface area contributed by atoms with Crippen molar-refractivity contribution in [2.75, 3.05) is 20.2 Å². The van der Waals surface area contributed by atoms with E-state index >= 15 is 0 Å². The summed E-state index contributed by atoms with van der Waals surface area (Å²) in [6.45, 7) is 1.05. The van der Waals surface area contributed by atoms with Gasteiger partial charge in [0.05, 0.1) is 19.4 Å². The van der Waals surface area contributed by atoms with E-state index in [1.54, 1.807) is 0 Å². The van der Waals surface area contributed by atoms with Gasteiger partial charge in [-0.05, 0) is 36.2 Å². The number of aliphatic carboxylic acids is 2. The van der Waals surface area contributed by atoms with Crippen molar-refractivity contribution < 1.29 is 24.9 Å². The van der Waals surface area contributed by atoms with Gasteiger partial charge in [-0.2, -0.15) is 0 Å². The molecule has 2 atom stereocenters. The van der Waals surface area contributed by atoms with Gasteiger partial charge >= 0.3 is 11.9 Å². The molecule has 4 rings (SSSR count). The van der Waals surface area contributed by atoms with E-state index in [2.05, 4.69) is 47.4 Å². The quantitative estimate of drug-likeness (QED) is 0.610. The molecule has 0 radical (unpaired) electrons. The van der Waals surface area contributed by atoms with Crippen LogP contribution >= 0.6 is 0 Å². The highest BCUT2D eigenvalue weighted by atomic mass is 16.4. The second-order valence-corrected chi connectivity index (χ2v) is 7.07. The van der Waals surface area contributed by atoms with E-state index < -0.39 is 11.9 Å². The number of aliphatic hydroxyl groups is 1. The van der Waals surface area contributed by atoms with E-state index in [1.807, 2.05) is 0 Å². The van der Waals surface area contributed by atoms with Crippen LogP contribution in [0.1, 0.15) is 29.9 Å². The smallest absolute Gasteiger partial charge is 0.303 e. The predicted octanol–water partition coefficient (Wildman–Crippen LogP) is 1.98. The van der Waals surface area contributed by atoms with Crippen LogP contribution < -0.4 is 0 Å². The van der Waals surface area contributed by atoms with Gasteiger partial charge in [-0.1, -0.05) is 18.2 Å². The lowest BCUT2D eigenvalue weighted by Crippen LogP contribution is -2.44. The first-order valence-corrected chi connectivity index (χ1v) is 8.93. The Morgan fingerprint density at radius 3 is 2.56 bits per heavy atom. The van der Waals surface area contributed by atoms with Gasteiger partial charge in [-0.25, -0.2) is 0 Å². The van der Waals surface area contributed by atoms with E-state index in [0.717, 1.165) is 18.5 Å². The number of hydrogen-bond acceptors (Lipinski definition) is 4. The highest BCUT2D eigenvalue weighted by Gasteiger charge is 2.35. The first-order chi connectivity index (χ1) is 12.9. The molecule has 2 aliphatic rings. The normalized spacial score (nSPS) is 21.0. The molecule has 7 heteroatoms. The van der Waals surface area contributed by atoms with Crippen molar-refractivity contribution in [3.8, 4) is 0 Å². The van der Waals surface area contributed by atoms with Gasteiger partial charge in [0, 0.05) is 35.6 Å². The average Bonchev–Trinajstić information content (AvgIpc) is 3.06. The molecule has 27 heavy (non-hydrogen) atoms. The van der Waals surface area contributed by atoms with Gasteiger partial charge in [0.15, 0.2) is 0 Å². The number of H-pyrrole nitrogens is 1. The Kier molecular flexibility index (Phi) is 5.62. The van der Waals surface area contributed by atoms with Crippen LogP contribution in [-0.2, 0) is 16.0 Å². The van der Waals surface area contributed by atoms with Gasteiger partial charge in [0.2, 0.25) is 0 Å². The van der Waals surface area contributed by atoms with Gasteiger partial charge in [-0.3, -0.25) is 14.5 Å². The number of nitrogens with zero attached hydrogens (tertiary/aromatic N) is 1. The molecule has 1 aromatic carbocycles. The van der Waals surface area contributed by atoms with Crippen LogP contribution in [0, 0.1) is 0 Å². The molecular formula is C20H24N2O5. The number of likely N-dealkylation sites (N-methyl/N-ethyl adjacent to an activating group) is 1. The summed E-state index contributed by atoms with van der Waals surface area (Å²) in [7, 11) is 2.16. The zero-order valence-corrected chi connectivity index (χ0v) is 15.2. The first kappa shape index (κ1) is 19.1. The molecule has 0 amide bonds. The predicted molar refractivity (Wildman–Crippen MR) is 101 cm³/mol. The van der Waals surface area contributed by atoms with Gasteiger partial charge < -0.3 is 20.3 Å². The van der Waals surface area contributed by atoms with E-state index in [1.165, 1.54) is 22.0 Å². The summed E-state index contributed by atoms with van der Waals surface area (Å²) in [6.07, 6.45) is 4.94.